The molecular formula is C17H16N2O. The first-order chi connectivity index (χ1) is 9.61. The number of anilines is 1. The molecule has 100 valence electrons. The normalized spacial score (nSPS) is 14.1. The topological polar surface area (TPSA) is 41.5 Å². The number of rotatable bonds is 1. The lowest BCUT2D eigenvalue weighted by atomic mass is 10.1. The SMILES string of the molecule is Cc1ccc(C2=Nc3cc(C)ccc3NC(=O)C2)cc1. The zero-order valence-corrected chi connectivity index (χ0v) is 11.6. The lowest BCUT2D eigenvalue weighted by Gasteiger charge is -2.04. The molecule has 2 aromatic rings. The number of carbonyl (C=O) groups excluding carboxylic acids is 1. The number of aliphatic imine (C=N–C) groups is 1. The molecule has 1 aliphatic heterocycles. The fourth-order valence-electron chi connectivity index (χ4n) is 2.28. The third kappa shape index (κ3) is 2.48. The van der Waals surface area contributed by atoms with Crippen LogP contribution in [0.1, 0.15) is 23.1 Å². The maximum Gasteiger partial charge on any atom is 0.230 e. The van der Waals surface area contributed by atoms with Gasteiger partial charge in [-0.1, -0.05) is 35.9 Å². The van der Waals surface area contributed by atoms with Gasteiger partial charge >= 0.3 is 0 Å². The molecule has 1 N–H and O–H groups in total. The second-order valence-electron chi connectivity index (χ2n) is 5.17. The molecule has 3 rings (SSSR count). The third-order valence-corrected chi connectivity index (χ3v) is 3.40. The van der Waals surface area contributed by atoms with E-state index in [9.17, 15) is 4.79 Å². The summed E-state index contributed by atoms with van der Waals surface area (Å²) < 4.78 is 0. The molecule has 0 atom stereocenters. The van der Waals surface area contributed by atoms with Crippen LogP contribution >= 0.6 is 0 Å². The van der Waals surface area contributed by atoms with Crippen molar-refractivity contribution in [2.75, 3.05) is 5.32 Å². The first kappa shape index (κ1) is 12.6. The third-order valence-electron chi connectivity index (χ3n) is 3.40. The molecule has 0 saturated heterocycles. The van der Waals surface area contributed by atoms with Crippen LogP contribution in [0.5, 0.6) is 0 Å². The Bertz CT molecular complexity index is 699. The average Bonchev–Trinajstić information content (AvgIpc) is 2.57. The highest BCUT2D eigenvalue weighted by atomic mass is 16.1. The van der Waals surface area contributed by atoms with Crippen molar-refractivity contribution < 1.29 is 4.79 Å². The van der Waals surface area contributed by atoms with Crippen molar-refractivity contribution in [3.05, 3.63) is 59.2 Å². The van der Waals surface area contributed by atoms with Crippen molar-refractivity contribution in [3.63, 3.8) is 0 Å². The monoisotopic (exact) mass is 264 g/mol. The van der Waals surface area contributed by atoms with Crippen LogP contribution in [0.25, 0.3) is 0 Å². The summed E-state index contributed by atoms with van der Waals surface area (Å²) in [6.07, 6.45) is 0.302. The smallest absolute Gasteiger partial charge is 0.230 e. The molecule has 0 aromatic heterocycles. The second-order valence-corrected chi connectivity index (χ2v) is 5.17. The van der Waals surface area contributed by atoms with E-state index in [0.29, 0.717) is 6.42 Å². The van der Waals surface area contributed by atoms with Crippen LogP contribution in [-0.2, 0) is 4.79 Å². The number of carbonyl (C=O) groups is 1. The molecule has 0 bridgehead atoms. The fraction of sp³-hybridized carbons (Fsp3) is 0.176. The summed E-state index contributed by atoms with van der Waals surface area (Å²) in [6.45, 7) is 4.07. The van der Waals surface area contributed by atoms with Gasteiger partial charge in [0, 0.05) is 0 Å². The van der Waals surface area contributed by atoms with E-state index in [-0.39, 0.29) is 5.91 Å². The van der Waals surface area contributed by atoms with Gasteiger partial charge < -0.3 is 5.32 Å². The van der Waals surface area contributed by atoms with Crippen molar-refractivity contribution in [2.24, 2.45) is 4.99 Å². The highest BCUT2D eigenvalue weighted by Crippen LogP contribution is 2.30. The number of amides is 1. The molecule has 0 fully saturated rings. The van der Waals surface area contributed by atoms with Crippen molar-refractivity contribution in [1.29, 1.82) is 0 Å². The van der Waals surface area contributed by atoms with Crippen LogP contribution in [0.3, 0.4) is 0 Å². The van der Waals surface area contributed by atoms with Crippen LogP contribution in [0, 0.1) is 13.8 Å². The highest BCUT2D eigenvalue weighted by Gasteiger charge is 2.16. The minimum atomic E-state index is -0.0214. The number of hydrogen-bond donors (Lipinski definition) is 1. The molecule has 3 heteroatoms. The standard InChI is InChI=1S/C17H16N2O/c1-11-3-6-13(7-4-11)15-10-17(20)19-14-8-5-12(2)9-16(14)18-15/h3-9H,10H2,1-2H3,(H,19,20). The fourth-order valence-corrected chi connectivity index (χ4v) is 2.28. The van der Waals surface area contributed by atoms with Gasteiger partial charge in [0.25, 0.3) is 0 Å². The van der Waals surface area contributed by atoms with E-state index in [1.54, 1.807) is 0 Å². The largest absolute Gasteiger partial charge is 0.324 e. The summed E-state index contributed by atoms with van der Waals surface area (Å²) in [6, 6.07) is 14.0. The van der Waals surface area contributed by atoms with Crippen LogP contribution in [-0.4, -0.2) is 11.6 Å². The van der Waals surface area contributed by atoms with E-state index in [0.717, 1.165) is 28.2 Å². The van der Waals surface area contributed by atoms with Gasteiger partial charge in [0.1, 0.15) is 0 Å². The zero-order valence-electron chi connectivity index (χ0n) is 11.6. The molecule has 3 nitrogen and oxygen atoms in total. The molecule has 2 aromatic carbocycles. The summed E-state index contributed by atoms with van der Waals surface area (Å²) in [5.74, 6) is -0.0214. The Labute approximate surface area is 118 Å². The van der Waals surface area contributed by atoms with Crippen molar-refractivity contribution >= 4 is 23.0 Å². The van der Waals surface area contributed by atoms with E-state index < -0.39 is 0 Å². The first-order valence-electron chi connectivity index (χ1n) is 6.67. The number of nitrogens with zero attached hydrogens (tertiary/aromatic N) is 1. The predicted molar refractivity (Wildman–Crippen MR) is 81.8 cm³/mol. The Morgan fingerprint density at radius 2 is 1.70 bits per heavy atom. The molecule has 1 amide bonds. The Morgan fingerprint density at radius 1 is 1.00 bits per heavy atom. The lowest BCUT2D eigenvalue weighted by molar-refractivity contribution is -0.115. The maximum absolute atomic E-state index is 12.0. The van der Waals surface area contributed by atoms with Gasteiger partial charge in [-0.3, -0.25) is 9.79 Å². The Hall–Kier alpha value is -2.42. The lowest BCUT2D eigenvalue weighted by Crippen LogP contribution is -2.14. The number of aryl methyl sites for hydroxylation is 2. The Kier molecular flexibility index (Phi) is 3.11. The van der Waals surface area contributed by atoms with Gasteiger partial charge in [0.15, 0.2) is 0 Å². The molecule has 1 aliphatic rings. The summed E-state index contributed by atoms with van der Waals surface area (Å²) >= 11 is 0. The number of hydrogen-bond acceptors (Lipinski definition) is 2. The Morgan fingerprint density at radius 3 is 2.45 bits per heavy atom. The van der Waals surface area contributed by atoms with E-state index in [1.165, 1.54) is 5.56 Å². The molecule has 0 spiro atoms. The summed E-state index contributed by atoms with van der Waals surface area (Å²) in [5, 5.41) is 2.91. The van der Waals surface area contributed by atoms with E-state index in [1.807, 2.05) is 56.3 Å². The van der Waals surface area contributed by atoms with Crippen LogP contribution < -0.4 is 5.32 Å². The number of fused-ring (bicyclic) bond motifs is 1. The van der Waals surface area contributed by atoms with Gasteiger partial charge in [0.05, 0.1) is 23.5 Å². The molecule has 20 heavy (non-hydrogen) atoms. The van der Waals surface area contributed by atoms with Crippen LogP contribution in [0.4, 0.5) is 11.4 Å². The van der Waals surface area contributed by atoms with Crippen LogP contribution in [0.2, 0.25) is 0 Å². The van der Waals surface area contributed by atoms with Gasteiger partial charge in [-0.2, -0.15) is 0 Å². The van der Waals surface area contributed by atoms with Crippen molar-refractivity contribution in [3.8, 4) is 0 Å². The Balaban J connectivity index is 2.10. The molecule has 1 heterocycles. The van der Waals surface area contributed by atoms with Crippen LogP contribution in [0.15, 0.2) is 47.5 Å². The average molecular weight is 264 g/mol. The minimum Gasteiger partial charge on any atom is -0.324 e. The first-order valence-corrected chi connectivity index (χ1v) is 6.67. The van der Waals surface area contributed by atoms with Gasteiger partial charge in [-0.25, -0.2) is 0 Å². The summed E-state index contributed by atoms with van der Waals surface area (Å²) in [7, 11) is 0. The minimum absolute atomic E-state index is 0.0214. The molecule has 0 unspecified atom stereocenters. The van der Waals surface area contributed by atoms with Crippen molar-refractivity contribution in [2.45, 2.75) is 20.3 Å². The number of benzene rings is 2. The van der Waals surface area contributed by atoms with Crippen molar-refractivity contribution in [1.82, 2.24) is 0 Å². The van der Waals surface area contributed by atoms with Gasteiger partial charge in [-0.05, 0) is 37.1 Å². The van der Waals surface area contributed by atoms with Gasteiger partial charge in [-0.15, -0.1) is 0 Å². The van der Waals surface area contributed by atoms with E-state index >= 15 is 0 Å². The summed E-state index contributed by atoms with van der Waals surface area (Å²) in [5.41, 5.74) is 5.75. The summed E-state index contributed by atoms with van der Waals surface area (Å²) in [4.78, 5) is 16.7. The quantitative estimate of drug-likeness (QED) is 0.837. The number of nitrogens with one attached hydrogen (secondary N) is 1. The second kappa shape index (κ2) is 4.93. The zero-order chi connectivity index (χ0) is 14.1. The maximum atomic E-state index is 12.0. The van der Waals surface area contributed by atoms with E-state index in [2.05, 4.69) is 10.3 Å². The molecular weight excluding hydrogens is 248 g/mol. The molecule has 0 aliphatic carbocycles. The highest BCUT2D eigenvalue weighted by molar-refractivity contribution is 6.16. The molecule has 0 radical (unpaired) electrons. The predicted octanol–water partition coefficient (Wildman–Crippen LogP) is 3.77. The molecule has 0 saturated carbocycles. The van der Waals surface area contributed by atoms with E-state index in [4.69, 9.17) is 0 Å². The van der Waals surface area contributed by atoms with Gasteiger partial charge in [0.2, 0.25) is 5.91 Å².